The van der Waals surface area contributed by atoms with Crippen LogP contribution >= 0.6 is 0 Å². The van der Waals surface area contributed by atoms with Crippen LogP contribution in [0.1, 0.15) is 11.1 Å². The first kappa shape index (κ1) is 8.02. The molecule has 1 nitrogen and oxygen atoms in total. The Morgan fingerprint density at radius 2 is 2.09 bits per heavy atom. The number of aliphatic hydroxyl groups is 1. The number of benzene rings is 1. The van der Waals surface area contributed by atoms with Gasteiger partial charge < -0.3 is 5.11 Å². The van der Waals surface area contributed by atoms with Crippen molar-refractivity contribution >= 4 is 6.08 Å². The summed E-state index contributed by atoms with van der Waals surface area (Å²) in [6.07, 6.45) is 3.66. The van der Waals surface area contributed by atoms with Gasteiger partial charge in [-0.2, -0.15) is 0 Å². The van der Waals surface area contributed by atoms with Crippen LogP contribution in [0.3, 0.4) is 0 Å². The van der Waals surface area contributed by atoms with Crippen LogP contribution in [0.2, 0.25) is 0 Å². The van der Waals surface area contributed by atoms with Crippen LogP contribution in [0.4, 0.5) is 0 Å². The Hall–Kier alpha value is -1.08. The molecule has 0 aromatic heterocycles. The Balaban J connectivity index is 2.86. The highest BCUT2D eigenvalue weighted by atomic mass is 16.2. The number of hydrogen-bond acceptors (Lipinski definition) is 1. The van der Waals surface area contributed by atoms with E-state index in [1.165, 1.54) is 11.1 Å². The Bertz CT molecular complexity index is 251. The van der Waals surface area contributed by atoms with Gasteiger partial charge in [0.2, 0.25) is 0 Å². The molecule has 0 unspecified atom stereocenters. The first-order valence-corrected chi connectivity index (χ1v) is 3.67. The van der Waals surface area contributed by atoms with Gasteiger partial charge in [-0.1, -0.05) is 36.4 Å². The molecule has 0 spiro atoms. The summed E-state index contributed by atoms with van der Waals surface area (Å²) in [6.45, 7) is 2.16. The molecule has 0 bridgehead atoms. The van der Waals surface area contributed by atoms with E-state index in [4.69, 9.17) is 5.11 Å². The van der Waals surface area contributed by atoms with Gasteiger partial charge in [0.05, 0.1) is 6.61 Å². The first-order valence-electron chi connectivity index (χ1n) is 3.67. The van der Waals surface area contributed by atoms with Crippen LogP contribution in [-0.2, 0) is 0 Å². The molecule has 0 atom stereocenters. The predicted molar refractivity (Wildman–Crippen MR) is 47.3 cm³/mol. The minimum Gasteiger partial charge on any atom is -0.392 e. The minimum atomic E-state index is 0.105. The van der Waals surface area contributed by atoms with Crippen molar-refractivity contribution in [3.05, 3.63) is 41.5 Å². The Kier molecular flexibility index (Phi) is 2.87. The largest absolute Gasteiger partial charge is 0.392 e. The van der Waals surface area contributed by atoms with E-state index < -0.39 is 0 Å². The second kappa shape index (κ2) is 3.94. The smallest absolute Gasteiger partial charge is 0.0615 e. The van der Waals surface area contributed by atoms with Gasteiger partial charge in [0.15, 0.2) is 0 Å². The molecule has 11 heavy (non-hydrogen) atoms. The van der Waals surface area contributed by atoms with Crippen molar-refractivity contribution in [1.29, 1.82) is 0 Å². The normalized spacial score (nSPS) is 10.7. The third-order valence-electron chi connectivity index (χ3n) is 1.59. The van der Waals surface area contributed by atoms with E-state index in [-0.39, 0.29) is 6.61 Å². The van der Waals surface area contributed by atoms with Crippen molar-refractivity contribution in [3.63, 3.8) is 0 Å². The van der Waals surface area contributed by atoms with Gasteiger partial charge in [0, 0.05) is 0 Å². The highest BCUT2D eigenvalue weighted by Crippen LogP contribution is 2.07. The summed E-state index contributed by atoms with van der Waals surface area (Å²) in [5.41, 5.74) is 2.40. The van der Waals surface area contributed by atoms with Gasteiger partial charge in [-0.25, -0.2) is 0 Å². The molecular weight excluding hydrogens is 136 g/mol. The highest BCUT2D eigenvalue weighted by Gasteiger charge is 1.88. The zero-order chi connectivity index (χ0) is 8.10. The number of aliphatic hydroxyl groups excluding tert-OH is 1. The van der Waals surface area contributed by atoms with Crippen LogP contribution < -0.4 is 0 Å². The number of hydrogen-bond donors (Lipinski definition) is 1. The summed E-state index contributed by atoms with van der Waals surface area (Å²) in [5.74, 6) is 0. The quantitative estimate of drug-likeness (QED) is 0.680. The summed E-state index contributed by atoms with van der Waals surface area (Å²) < 4.78 is 0. The highest BCUT2D eigenvalue weighted by molar-refractivity contribution is 5.53. The van der Waals surface area contributed by atoms with E-state index in [1.807, 2.05) is 24.3 Å². The van der Waals surface area contributed by atoms with Gasteiger partial charge >= 0.3 is 0 Å². The van der Waals surface area contributed by atoms with Gasteiger partial charge in [-0.05, 0) is 18.1 Å². The third kappa shape index (κ3) is 2.20. The molecule has 0 heterocycles. The molecule has 1 aromatic carbocycles. The number of rotatable bonds is 2. The van der Waals surface area contributed by atoms with E-state index >= 15 is 0 Å². The molecule has 1 heteroatoms. The lowest BCUT2D eigenvalue weighted by Gasteiger charge is -1.96. The summed E-state index contributed by atoms with van der Waals surface area (Å²) in [6, 6.07) is 8.08. The number of aryl methyl sites for hydroxylation is 1. The predicted octanol–water partition coefficient (Wildman–Crippen LogP) is 2.00. The Labute approximate surface area is 67.0 Å². The average Bonchev–Trinajstić information content (AvgIpc) is 2.03. The Morgan fingerprint density at radius 1 is 1.36 bits per heavy atom. The van der Waals surface area contributed by atoms with Crippen molar-refractivity contribution in [2.24, 2.45) is 0 Å². The van der Waals surface area contributed by atoms with E-state index in [0.29, 0.717) is 0 Å². The van der Waals surface area contributed by atoms with Crippen molar-refractivity contribution in [1.82, 2.24) is 0 Å². The fraction of sp³-hybridized carbons (Fsp3) is 0.200. The second-order valence-electron chi connectivity index (χ2n) is 2.44. The van der Waals surface area contributed by atoms with E-state index in [0.717, 1.165) is 0 Å². The Morgan fingerprint density at radius 3 is 2.73 bits per heavy atom. The van der Waals surface area contributed by atoms with Crippen LogP contribution in [0, 0.1) is 6.92 Å². The van der Waals surface area contributed by atoms with E-state index in [9.17, 15) is 0 Å². The molecule has 1 N–H and O–H groups in total. The molecule has 1 aromatic rings. The van der Waals surface area contributed by atoms with E-state index in [1.54, 1.807) is 6.08 Å². The standard InChI is InChI=1S/C10H12O/c1-9-5-2-3-6-10(9)7-4-8-11/h2-7,11H,8H2,1H3/b7-4-. The lowest BCUT2D eigenvalue weighted by atomic mass is 10.1. The lowest BCUT2D eigenvalue weighted by Crippen LogP contribution is -1.78. The molecule has 0 aliphatic heterocycles. The van der Waals surface area contributed by atoms with Crippen molar-refractivity contribution in [3.8, 4) is 0 Å². The summed E-state index contributed by atoms with van der Waals surface area (Å²) in [4.78, 5) is 0. The zero-order valence-corrected chi connectivity index (χ0v) is 6.62. The molecule has 0 saturated carbocycles. The van der Waals surface area contributed by atoms with Crippen molar-refractivity contribution < 1.29 is 5.11 Å². The molecule has 1 rings (SSSR count). The van der Waals surface area contributed by atoms with Gasteiger partial charge in [-0.3, -0.25) is 0 Å². The van der Waals surface area contributed by atoms with Gasteiger partial charge in [0.1, 0.15) is 0 Å². The van der Waals surface area contributed by atoms with Crippen LogP contribution in [0.15, 0.2) is 30.3 Å². The molecule has 0 saturated heterocycles. The molecule has 58 valence electrons. The fourth-order valence-electron chi connectivity index (χ4n) is 0.953. The lowest BCUT2D eigenvalue weighted by molar-refractivity contribution is 0.343. The fourth-order valence-corrected chi connectivity index (χ4v) is 0.953. The third-order valence-corrected chi connectivity index (χ3v) is 1.59. The zero-order valence-electron chi connectivity index (χ0n) is 6.62. The summed E-state index contributed by atoms with van der Waals surface area (Å²) in [5, 5.41) is 8.53. The maximum absolute atomic E-state index is 8.53. The molecule has 0 aliphatic rings. The SMILES string of the molecule is Cc1ccccc1/C=C\CO. The molecule has 0 aliphatic carbocycles. The molecule has 0 amide bonds. The van der Waals surface area contributed by atoms with Gasteiger partial charge in [0.25, 0.3) is 0 Å². The monoisotopic (exact) mass is 148 g/mol. The maximum Gasteiger partial charge on any atom is 0.0615 e. The average molecular weight is 148 g/mol. The summed E-state index contributed by atoms with van der Waals surface area (Å²) in [7, 11) is 0. The maximum atomic E-state index is 8.53. The minimum absolute atomic E-state index is 0.105. The topological polar surface area (TPSA) is 20.2 Å². The van der Waals surface area contributed by atoms with Crippen LogP contribution in [0.25, 0.3) is 6.08 Å². The van der Waals surface area contributed by atoms with E-state index in [2.05, 4.69) is 13.0 Å². The summed E-state index contributed by atoms with van der Waals surface area (Å²) >= 11 is 0. The van der Waals surface area contributed by atoms with Crippen LogP contribution in [-0.4, -0.2) is 11.7 Å². The van der Waals surface area contributed by atoms with Crippen LogP contribution in [0.5, 0.6) is 0 Å². The first-order chi connectivity index (χ1) is 5.34. The molecule has 0 fully saturated rings. The van der Waals surface area contributed by atoms with Crippen molar-refractivity contribution in [2.45, 2.75) is 6.92 Å². The molecule has 0 radical (unpaired) electrons. The molecular formula is C10H12O. The van der Waals surface area contributed by atoms with Crippen molar-refractivity contribution in [2.75, 3.05) is 6.61 Å². The second-order valence-corrected chi connectivity index (χ2v) is 2.44. The van der Waals surface area contributed by atoms with Gasteiger partial charge in [-0.15, -0.1) is 0 Å².